The van der Waals surface area contributed by atoms with Gasteiger partial charge in [-0.25, -0.2) is 9.97 Å². The van der Waals surface area contributed by atoms with E-state index in [2.05, 4.69) is 25.4 Å². The Morgan fingerprint density at radius 1 is 1.10 bits per heavy atom. The van der Waals surface area contributed by atoms with Gasteiger partial charge in [-0.2, -0.15) is 4.98 Å². The lowest BCUT2D eigenvalue weighted by Crippen LogP contribution is -2.31. The van der Waals surface area contributed by atoms with E-state index >= 15 is 0 Å². The van der Waals surface area contributed by atoms with Crippen LogP contribution in [0.2, 0.25) is 0 Å². The van der Waals surface area contributed by atoms with Crippen LogP contribution in [0.3, 0.4) is 0 Å². The van der Waals surface area contributed by atoms with Crippen molar-refractivity contribution < 1.29 is 4.52 Å². The van der Waals surface area contributed by atoms with Crippen molar-refractivity contribution in [2.45, 2.75) is 44.1 Å². The third-order valence-electron chi connectivity index (χ3n) is 3.91. The van der Waals surface area contributed by atoms with Crippen molar-refractivity contribution in [2.75, 3.05) is 7.05 Å². The van der Waals surface area contributed by atoms with Gasteiger partial charge in [-0.1, -0.05) is 24.4 Å². The average molecular weight is 273 g/mol. The second kappa shape index (κ2) is 6.09. The lowest BCUT2D eigenvalue weighted by molar-refractivity contribution is 0.311. The number of aromatic nitrogens is 4. The summed E-state index contributed by atoms with van der Waals surface area (Å²) in [5.74, 6) is 1.97. The SMILES string of the molecule is CNC1CCCCCC1c1nc(-c2ncccn2)no1. The molecular formula is C14H19N5O. The van der Waals surface area contributed by atoms with Gasteiger partial charge in [-0.3, -0.25) is 0 Å². The lowest BCUT2D eigenvalue weighted by atomic mass is 9.95. The molecule has 1 fully saturated rings. The Bertz CT molecular complexity index is 542. The van der Waals surface area contributed by atoms with Gasteiger partial charge in [0.25, 0.3) is 0 Å². The summed E-state index contributed by atoms with van der Waals surface area (Å²) in [7, 11) is 2.00. The third kappa shape index (κ3) is 2.70. The van der Waals surface area contributed by atoms with Crippen LogP contribution in [0.4, 0.5) is 0 Å². The minimum Gasteiger partial charge on any atom is -0.338 e. The Hall–Kier alpha value is -1.82. The Kier molecular flexibility index (Phi) is 4.01. The van der Waals surface area contributed by atoms with Gasteiger partial charge in [0.15, 0.2) is 0 Å². The van der Waals surface area contributed by atoms with Gasteiger partial charge in [-0.15, -0.1) is 0 Å². The molecule has 6 nitrogen and oxygen atoms in total. The molecule has 2 unspecified atom stereocenters. The van der Waals surface area contributed by atoms with Gasteiger partial charge in [-0.05, 0) is 26.0 Å². The maximum atomic E-state index is 5.47. The smallest absolute Gasteiger partial charge is 0.240 e. The van der Waals surface area contributed by atoms with Gasteiger partial charge in [0.2, 0.25) is 17.5 Å². The largest absolute Gasteiger partial charge is 0.338 e. The van der Waals surface area contributed by atoms with Crippen LogP contribution in [0.15, 0.2) is 23.0 Å². The predicted octanol–water partition coefficient (Wildman–Crippen LogP) is 2.16. The Labute approximate surface area is 118 Å². The molecule has 0 radical (unpaired) electrons. The maximum Gasteiger partial charge on any atom is 0.240 e. The summed E-state index contributed by atoms with van der Waals surface area (Å²) in [6.07, 6.45) is 9.34. The fraction of sp³-hybridized carbons (Fsp3) is 0.571. The molecule has 0 aliphatic heterocycles. The third-order valence-corrected chi connectivity index (χ3v) is 3.91. The molecule has 1 aliphatic rings. The highest BCUT2D eigenvalue weighted by Crippen LogP contribution is 2.31. The Morgan fingerprint density at radius 3 is 2.70 bits per heavy atom. The van der Waals surface area contributed by atoms with E-state index in [1.165, 1.54) is 19.3 Å². The summed E-state index contributed by atoms with van der Waals surface area (Å²) in [6.45, 7) is 0. The van der Waals surface area contributed by atoms with Crippen molar-refractivity contribution in [1.29, 1.82) is 0 Å². The molecule has 0 spiro atoms. The van der Waals surface area contributed by atoms with Crippen molar-refractivity contribution in [3.63, 3.8) is 0 Å². The summed E-state index contributed by atoms with van der Waals surface area (Å²) < 4.78 is 5.47. The summed E-state index contributed by atoms with van der Waals surface area (Å²) >= 11 is 0. The van der Waals surface area contributed by atoms with Crippen molar-refractivity contribution in [2.24, 2.45) is 0 Å². The van der Waals surface area contributed by atoms with Gasteiger partial charge in [0, 0.05) is 18.4 Å². The summed E-state index contributed by atoms with van der Waals surface area (Å²) in [4.78, 5) is 12.8. The molecule has 1 saturated carbocycles. The highest BCUT2D eigenvalue weighted by Gasteiger charge is 2.29. The van der Waals surface area contributed by atoms with E-state index < -0.39 is 0 Å². The number of hydrogen-bond acceptors (Lipinski definition) is 6. The fourth-order valence-electron chi connectivity index (χ4n) is 2.84. The molecule has 3 rings (SSSR count). The maximum absolute atomic E-state index is 5.47. The molecule has 1 N–H and O–H groups in total. The van der Waals surface area contributed by atoms with Crippen molar-refractivity contribution >= 4 is 0 Å². The zero-order chi connectivity index (χ0) is 13.8. The van der Waals surface area contributed by atoms with Gasteiger partial charge < -0.3 is 9.84 Å². The minimum absolute atomic E-state index is 0.285. The molecule has 0 aromatic carbocycles. The molecule has 2 atom stereocenters. The number of nitrogens with zero attached hydrogens (tertiary/aromatic N) is 4. The second-order valence-corrected chi connectivity index (χ2v) is 5.17. The molecule has 2 heterocycles. The van der Waals surface area contributed by atoms with Crippen LogP contribution in [-0.2, 0) is 0 Å². The second-order valence-electron chi connectivity index (χ2n) is 5.17. The zero-order valence-electron chi connectivity index (χ0n) is 11.6. The van der Waals surface area contributed by atoms with Crippen molar-refractivity contribution in [3.05, 3.63) is 24.4 Å². The van der Waals surface area contributed by atoms with E-state index in [1.807, 2.05) is 7.05 Å². The number of hydrogen-bond donors (Lipinski definition) is 1. The summed E-state index contributed by atoms with van der Waals surface area (Å²) in [6, 6.07) is 2.18. The summed E-state index contributed by atoms with van der Waals surface area (Å²) in [5.41, 5.74) is 0. The van der Waals surface area contributed by atoms with Gasteiger partial charge in [0.05, 0.1) is 5.92 Å². The van der Waals surface area contributed by atoms with Crippen LogP contribution in [0.1, 0.15) is 43.9 Å². The predicted molar refractivity (Wildman–Crippen MR) is 74.0 cm³/mol. The van der Waals surface area contributed by atoms with Crippen LogP contribution in [0.25, 0.3) is 11.6 Å². The highest BCUT2D eigenvalue weighted by atomic mass is 16.5. The van der Waals surface area contributed by atoms with Gasteiger partial charge >= 0.3 is 0 Å². The number of nitrogens with one attached hydrogen (secondary N) is 1. The zero-order valence-corrected chi connectivity index (χ0v) is 11.6. The normalized spacial score (nSPS) is 23.4. The van der Waals surface area contributed by atoms with E-state index in [1.54, 1.807) is 18.5 Å². The van der Waals surface area contributed by atoms with Crippen LogP contribution in [0.5, 0.6) is 0 Å². The van der Waals surface area contributed by atoms with E-state index in [0.717, 1.165) is 12.8 Å². The van der Waals surface area contributed by atoms with Crippen LogP contribution in [-0.4, -0.2) is 33.2 Å². The Morgan fingerprint density at radius 2 is 1.90 bits per heavy atom. The van der Waals surface area contributed by atoms with Crippen molar-refractivity contribution in [1.82, 2.24) is 25.4 Å². The molecule has 2 aromatic heterocycles. The monoisotopic (exact) mass is 273 g/mol. The van der Waals surface area contributed by atoms with E-state index in [4.69, 9.17) is 4.52 Å². The topological polar surface area (TPSA) is 76.7 Å². The van der Waals surface area contributed by atoms with E-state index in [9.17, 15) is 0 Å². The van der Waals surface area contributed by atoms with Crippen LogP contribution < -0.4 is 5.32 Å². The first kappa shape index (κ1) is 13.2. The Balaban J connectivity index is 1.85. The van der Waals surface area contributed by atoms with E-state index in [0.29, 0.717) is 23.6 Å². The molecule has 106 valence electrons. The highest BCUT2D eigenvalue weighted by molar-refractivity contribution is 5.40. The molecule has 1 aliphatic carbocycles. The fourth-order valence-corrected chi connectivity index (χ4v) is 2.84. The first-order chi connectivity index (χ1) is 9.88. The number of likely N-dealkylation sites (N-methyl/N-ethyl adjacent to an activating group) is 1. The average Bonchev–Trinajstić information content (AvgIpc) is 2.87. The van der Waals surface area contributed by atoms with Crippen LogP contribution >= 0.6 is 0 Å². The quantitative estimate of drug-likeness (QED) is 0.864. The number of rotatable bonds is 3. The first-order valence-electron chi connectivity index (χ1n) is 7.16. The van der Waals surface area contributed by atoms with Crippen molar-refractivity contribution in [3.8, 4) is 11.6 Å². The molecule has 0 saturated heterocycles. The minimum atomic E-state index is 0.285. The molecule has 0 bridgehead atoms. The standard InChI is InChI=1S/C14H19N5O/c1-15-11-7-4-2-3-6-10(11)14-18-13(19-20-14)12-16-8-5-9-17-12/h5,8-11,15H,2-4,6-7H2,1H3. The molecular weight excluding hydrogens is 254 g/mol. The van der Waals surface area contributed by atoms with Crippen LogP contribution in [0, 0.1) is 0 Å². The lowest BCUT2D eigenvalue weighted by Gasteiger charge is -2.20. The molecule has 6 heteroatoms. The molecule has 2 aromatic rings. The van der Waals surface area contributed by atoms with E-state index in [-0.39, 0.29) is 5.92 Å². The van der Waals surface area contributed by atoms with Gasteiger partial charge in [0.1, 0.15) is 0 Å². The molecule has 0 amide bonds. The molecule has 20 heavy (non-hydrogen) atoms. The first-order valence-corrected chi connectivity index (χ1v) is 7.16. The summed E-state index contributed by atoms with van der Waals surface area (Å²) in [5, 5.41) is 7.40.